The predicted octanol–water partition coefficient (Wildman–Crippen LogP) is 2.72. The van der Waals surface area contributed by atoms with E-state index < -0.39 is 0 Å². The summed E-state index contributed by atoms with van der Waals surface area (Å²) in [4.78, 5) is 17.2. The van der Waals surface area contributed by atoms with Crippen LogP contribution in [0, 0.1) is 5.92 Å². The van der Waals surface area contributed by atoms with Crippen molar-refractivity contribution in [3.05, 3.63) is 35.9 Å². The van der Waals surface area contributed by atoms with E-state index in [-0.39, 0.29) is 42.8 Å². The number of likely N-dealkylation sites (N-methyl/N-ethyl adjacent to an activating group) is 1. The minimum atomic E-state index is -0.199. The van der Waals surface area contributed by atoms with Crippen LogP contribution in [-0.4, -0.2) is 48.4 Å². The molecule has 1 amide bonds. The number of hydrogen-bond donors (Lipinski definition) is 1. The number of halogens is 2. The lowest BCUT2D eigenvalue weighted by Crippen LogP contribution is -2.43. The molecular weight excluding hydrogens is 333 g/mol. The highest BCUT2D eigenvalue weighted by Gasteiger charge is 2.36. The molecule has 0 aliphatic carbocycles. The Morgan fingerprint density at radius 3 is 2.43 bits per heavy atom. The van der Waals surface area contributed by atoms with E-state index in [1.54, 1.807) is 0 Å². The Balaban J connectivity index is 0.00000242. The Bertz CT molecular complexity index is 472. The van der Waals surface area contributed by atoms with E-state index >= 15 is 0 Å². The van der Waals surface area contributed by atoms with Crippen molar-refractivity contribution in [1.82, 2.24) is 9.80 Å². The third kappa shape index (κ3) is 5.08. The van der Waals surface area contributed by atoms with Crippen molar-refractivity contribution in [1.29, 1.82) is 0 Å². The molecule has 1 aromatic carbocycles. The van der Waals surface area contributed by atoms with Crippen LogP contribution in [0.1, 0.15) is 31.9 Å². The van der Waals surface area contributed by atoms with Crippen molar-refractivity contribution in [3.63, 3.8) is 0 Å². The molecule has 2 rings (SSSR count). The number of carbonyl (C=O) groups is 1. The molecule has 1 aromatic rings. The van der Waals surface area contributed by atoms with E-state index in [1.807, 2.05) is 42.3 Å². The van der Waals surface area contributed by atoms with Gasteiger partial charge in [0.15, 0.2) is 0 Å². The predicted molar refractivity (Wildman–Crippen MR) is 100 cm³/mol. The van der Waals surface area contributed by atoms with Gasteiger partial charge < -0.3 is 10.6 Å². The first-order valence-electron chi connectivity index (χ1n) is 7.84. The first-order chi connectivity index (χ1) is 10.1. The van der Waals surface area contributed by atoms with Crippen molar-refractivity contribution in [3.8, 4) is 0 Å². The van der Waals surface area contributed by atoms with Crippen molar-refractivity contribution < 1.29 is 4.79 Å². The molecule has 3 unspecified atom stereocenters. The number of carbonyl (C=O) groups excluding carboxylic acids is 1. The van der Waals surface area contributed by atoms with Crippen LogP contribution in [0.3, 0.4) is 0 Å². The fourth-order valence-electron chi connectivity index (χ4n) is 3.18. The van der Waals surface area contributed by atoms with E-state index in [1.165, 1.54) is 0 Å². The molecule has 4 nitrogen and oxygen atoms in total. The number of amides is 1. The Morgan fingerprint density at radius 1 is 1.35 bits per heavy atom. The molecule has 1 aliphatic rings. The molecule has 6 heteroatoms. The zero-order chi connectivity index (χ0) is 15.4. The van der Waals surface area contributed by atoms with Crippen LogP contribution in [0.15, 0.2) is 30.3 Å². The second-order valence-electron chi connectivity index (χ2n) is 6.06. The zero-order valence-corrected chi connectivity index (χ0v) is 15.8. The summed E-state index contributed by atoms with van der Waals surface area (Å²) >= 11 is 0. The fraction of sp³-hybridized carbons (Fsp3) is 0.588. The third-order valence-electron chi connectivity index (χ3n) is 4.57. The summed E-state index contributed by atoms with van der Waals surface area (Å²) in [6.07, 6.45) is 1.01. The first-order valence-corrected chi connectivity index (χ1v) is 7.84. The molecule has 1 aliphatic heterocycles. The molecule has 0 radical (unpaired) electrons. The van der Waals surface area contributed by atoms with Gasteiger partial charge in [-0.05, 0) is 45.0 Å². The van der Waals surface area contributed by atoms with Crippen molar-refractivity contribution >= 4 is 30.7 Å². The van der Waals surface area contributed by atoms with Gasteiger partial charge in [0.25, 0.3) is 0 Å². The van der Waals surface area contributed by atoms with Gasteiger partial charge in [-0.15, -0.1) is 24.8 Å². The molecule has 0 spiro atoms. The Morgan fingerprint density at radius 2 is 1.96 bits per heavy atom. The van der Waals surface area contributed by atoms with Gasteiger partial charge in [-0.1, -0.05) is 37.3 Å². The maximum atomic E-state index is 13.1. The topological polar surface area (TPSA) is 49.6 Å². The van der Waals surface area contributed by atoms with Crippen LogP contribution in [0.4, 0.5) is 0 Å². The summed E-state index contributed by atoms with van der Waals surface area (Å²) in [6.45, 7) is 6.50. The Hall–Kier alpha value is -0.810. The van der Waals surface area contributed by atoms with Crippen molar-refractivity contribution in [2.45, 2.75) is 32.4 Å². The van der Waals surface area contributed by atoms with E-state index in [0.29, 0.717) is 12.5 Å². The van der Waals surface area contributed by atoms with Crippen molar-refractivity contribution in [2.75, 3.05) is 26.7 Å². The molecule has 0 aromatic heterocycles. The second kappa shape index (κ2) is 10.1. The van der Waals surface area contributed by atoms with Gasteiger partial charge in [0.2, 0.25) is 5.91 Å². The van der Waals surface area contributed by atoms with Crippen LogP contribution >= 0.6 is 24.8 Å². The summed E-state index contributed by atoms with van der Waals surface area (Å²) < 4.78 is 0. The van der Waals surface area contributed by atoms with Gasteiger partial charge in [0, 0.05) is 12.6 Å². The highest BCUT2D eigenvalue weighted by Crippen LogP contribution is 2.28. The normalized spacial score (nSPS) is 21.5. The monoisotopic (exact) mass is 361 g/mol. The number of hydrogen-bond acceptors (Lipinski definition) is 3. The largest absolute Gasteiger partial charge is 0.338 e. The number of rotatable bonds is 5. The van der Waals surface area contributed by atoms with Crippen LogP contribution in [0.25, 0.3) is 0 Å². The van der Waals surface area contributed by atoms with E-state index in [0.717, 1.165) is 25.1 Å². The standard InChI is InChI=1S/C17H27N3O.2ClH/c1-4-19(3)16(15-8-6-5-7-9-15)17(21)20-12-14(11-18)10-13(20)2;;/h5-9,13-14,16H,4,10-12,18H2,1-3H3;2*1H. The number of nitrogens with two attached hydrogens (primary N) is 1. The van der Waals surface area contributed by atoms with Gasteiger partial charge in [0.1, 0.15) is 6.04 Å². The summed E-state index contributed by atoms with van der Waals surface area (Å²) in [7, 11) is 2.01. The molecular formula is C17H29Cl2N3O. The van der Waals surface area contributed by atoms with E-state index in [2.05, 4.69) is 18.7 Å². The van der Waals surface area contributed by atoms with Crippen LogP contribution in [0.2, 0.25) is 0 Å². The van der Waals surface area contributed by atoms with Crippen LogP contribution in [-0.2, 0) is 4.79 Å². The SMILES string of the molecule is CCN(C)C(C(=O)N1CC(CN)CC1C)c1ccccc1.Cl.Cl. The quantitative estimate of drug-likeness (QED) is 0.876. The van der Waals surface area contributed by atoms with E-state index in [4.69, 9.17) is 5.73 Å². The second-order valence-corrected chi connectivity index (χ2v) is 6.06. The summed E-state index contributed by atoms with van der Waals surface area (Å²) in [5, 5.41) is 0. The average molecular weight is 362 g/mol. The minimum absolute atomic E-state index is 0. The van der Waals surface area contributed by atoms with Gasteiger partial charge in [-0.3, -0.25) is 9.69 Å². The van der Waals surface area contributed by atoms with E-state index in [9.17, 15) is 4.79 Å². The van der Waals surface area contributed by atoms with Gasteiger partial charge in [-0.25, -0.2) is 0 Å². The zero-order valence-electron chi connectivity index (χ0n) is 14.1. The Labute approximate surface area is 152 Å². The minimum Gasteiger partial charge on any atom is -0.338 e. The highest BCUT2D eigenvalue weighted by molar-refractivity contribution is 5.85. The average Bonchev–Trinajstić information content (AvgIpc) is 2.89. The molecule has 1 saturated heterocycles. The van der Waals surface area contributed by atoms with Gasteiger partial charge in [-0.2, -0.15) is 0 Å². The molecule has 23 heavy (non-hydrogen) atoms. The molecule has 1 heterocycles. The first kappa shape index (κ1) is 22.2. The third-order valence-corrected chi connectivity index (χ3v) is 4.57. The summed E-state index contributed by atoms with van der Waals surface area (Å²) in [6, 6.07) is 10.1. The van der Waals surface area contributed by atoms with Crippen molar-refractivity contribution in [2.24, 2.45) is 11.7 Å². The van der Waals surface area contributed by atoms with Gasteiger partial charge >= 0.3 is 0 Å². The maximum absolute atomic E-state index is 13.1. The summed E-state index contributed by atoms with van der Waals surface area (Å²) in [5.74, 6) is 0.640. The molecule has 0 bridgehead atoms. The number of benzene rings is 1. The molecule has 132 valence electrons. The lowest BCUT2D eigenvalue weighted by atomic mass is 10.0. The Kier molecular flexibility index (Phi) is 9.78. The van der Waals surface area contributed by atoms with Gasteiger partial charge in [0.05, 0.1) is 0 Å². The van der Waals surface area contributed by atoms with Crippen LogP contribution in [0.5, 0.6) is 0 Å². The lowest BCUT2D eigenvalue weighted by Gasteiger charge is -2.32. The maximum Gasteiger partial charge on any atom is 0.244 e. The molecule has 2 N–H and O–H groups in total. The molecule has 0 saturated carbocycles. The summed E-state index contributed by atoms with van der Waals surface area (Å²) in [5.41, 5.74) is 6.85. The molecule has 1 fully saturated rings. The fourth-order valence-corrected chi connectivity index (χ4v) is 3.18. The highest BCUT2D eigenvalue weighted by atomic mass is 35.5. The smallest absolute Gasteiger partial charge is 0.244 e. The number of likely N-dealkylation sites (tertiary alicyclic amines) is 1. The lowest BCUT2D eigenvalue weighted by molar-refractivity contribution is -0.137. The number of nitrogens with zero attached hydrogens (tertiary/aromatic N) is 2. The molecule has 3 atom stereocenters. The van der Waals surface area contributed by atoms with Crippen LogP contribution < -0.4 is 5.73 Å².